The van der Waals surface area contributed by atoms with Crippen LogP contribution in [0.15, 0.2) is 52.8 Å². The first-order chi connectivity index (χ1) is 15.8. The van der Waals surface area contributed by atoms with Crippen molar-refractivity contribution < 1.29 is 29.1 Å². The lowest BCUT2D eigenvalue weighted by Gasteiger charge is -2.12. The van der Waals surface area contributed by atoms with Gasteiger partial charge in [-0.05, 0) is 36.8 Å². The number of aromatic nitrogens is 2. The van der Waals surface area contributed by atoms with Gasteiger partial charge >= 0.3 is 11.9 Å². The number of hydrogen-bond acceptors (Lipinski definition) is 6. The smallest absolute Gasteiger partial charge is 0.335 e. The van der Waals surface area contributed by atoms with E-state index in [1.54, 1.807) is 16.7 Å². The zero-order valence-electron chi connectivity index (χ0n) is 17.9. The van der Waals surface area contributed by atoms with Gasteiger partial charge in [0.1, 0.15) is 11.6 Å². The maximum atomic E-state index is 11.8. The van der Waals surface area contributed by atoms with Gasteiger partial charge in [-0.3, -0.25) is 10.1 Å². The van der Waals surface area contributed by atoms with Crippen LogP contribution < -0.4 is 0 Å². The SMILES string of the molecule is CCCCc1ncc(/C=C(\Cc2ccco2)C(=O)O)n1Cc1ccc(C(=O)O)cc1[N+](=O)[O-]. The molecular weight excluding hydrogens is 430 g/mol. The molecule has 3 rings (SSSR count). The second kappa shape index (κ2) is 10.4. The summed E-state index contributed by atoms with van der Waals surface area (Å²) in [5.41, 5.74) is 0.326. The quantitative estimate of drug-likeness (QED) is 0.249. The molecule has 0 spiro atoms. The van der Waals surface area contributed by atoms with E-state index in [4.69, 9.17) is 4.42 Å². The van der Waals surface area contributed by atoms with Crippen molar-refractivity contribution in [3.05, 3.63) is 86.9 Å². The Morgan fingerprint density at radius 1 is 1.27 bits per heavy atom. The monoisotopic (exact) mass is 453 g/mol. The molecule has 33 heavy (non-hydrogen) atoms. The van der Waals surface area contributed by atoms with Crippen LogP contribution in [0.3, 0.4) is 0 Å². The number of carbonyl (C=O) groups is 2. The van der Waals surface area contributed by atoms with Crippen molar-refractivity contribution in [2.75, 3.05) is 0 Å². The van der Waals surface area contributed by atoms with Crippen molar-refractivity contribution in [2.24, 2.45) is 0 Å². The summed E-state index contributed by atoms with van der Waals surface area (Å²) in [6, 6.07) is 7.08. The summed E-state index contributed by atoms with van der Waals surface area (Å²) >= 11 is 0. The Kier molecular flexibility index (Phi) is 7.39. The van der Waals surface area contributed by atoms with Crippen molar-refractivity contribution in [2.45, 2.75) is 39.2 Å². The highest BCUT2D eigenvalue weighted by atomic mass is 16.6. The Hall–Kier alpha value is -4.21. The molecule has 0 unspecified atom stereocenters. The molecule has 0 radical (unpaired) electrons. The van der Waals surface area contributed by atoms with Crippen molar-refractivity contribution in [3.8, 4) is 0 Å². The van der Waals surface area contributed by atoms with E-state index in [-0.39, 0.29) is 29.8 Å². The number of unbranched alkanes of at least 4 members (excludes halogenated alkanes) is 1. The molecule has 10 nitrogen and oxygen atoms in total. The van der Waals surface area contributed by atoms with Crippen molar-refractivity contribution in [1.29, 1.82) is 0 Å². The topological polar surface area (TPSA) is 149 Å². The minimum atomic E-state index is -1.26. The van der Waals surface area contributed by atoms with Gasteiger partial charge in [0.2, 0.25) is 0 Å². The average Bonchev–Trinajstić information content (AvgIpc) is 3.42. The summed E-state index contributed by atoms with van der Waals surface area (Å²) < 4.78 is 6.98. The maximum Gasteiger partial charge on any atom is 0.335 e. The first-order valence-electron chi connectivity index (χ1n) is 10.3. The molecular formula is C23H23N3O7. The fourth-order valence-corrected chi connectivity index (χ4v) is 3.40. The van der Waals surface area contributed by atoms with Gasteiger partial charge in [-0.15, -0.1) is 0 Å². The fourth-order valence-electron chi connectivity index (χ4n) is 3.40. The molecule has 2 heterocycles. The first-order valence-corrected chi connectivity index (χ1v) is 10.3. The number of nitro benzene ring substituents is 1. The average molecular weight is 453 g/mol. The van der Waals surface area contributed by atoms with Gasteiger partial charge in [0, 0.05) is 30.0 Å². The number of rotatable bonds is 11. The third kappa shape index (κ3) is 5.73. The van der Waals surface area contributed by atoms with E-state index < -0.39 is 16.9 Å². The van der Waals surface area contributed by atoms with Crippen LogP contribution >= 0.6 is 0 Å². The third-order valence-corrected chi connectivity index (χ3v) is 5.12. The van der Waals surface area contributed by atoms with Crippen molar-refractivity contribution >= 4 is 23.7 Å². The Morgan fingerprint density at radius 3 is 2.67 bits per heavy atom. The summed E-state index contributed by atoms with van der Waals surface area (Å²) in [5, 5.41) is 30.4. The number of carboxylic acids is 2. The third-order valence-electron chi connectivity index (χ3n) is 5.12. The predicted molar refractivity (Wildman–Crippen MR) is 118 cm³/mol. The molecule has 1 aromatic carbocycles. The molecule has 0 bridgehead atoms. The number of furan rings is 1. The molecule has 10 heteroatoms. The minimum absolute atomic E-state index is 0.0365. The highest BCUT2D eigenvalue weighted by molar-refractivity contribution is 5.92. The lowest BCUT2D eigenvalue weighted by molar-refractivity contribution is -0.385. The summed E-state index contributed by atoms with van der Waals surface area (Å²) in [4.78, 5) is 38.5. The number of aliphatic carboxylic acids is 1. The normalized spacial score (nSPS) is 11.5. The molecule has 0 atom stereocenters. The Balaban J connectivity index is 2.05. The van der Waals surface area contributed by atoms with Gasteiger partial charge in [0.05, 0.1) is 35.2 Å². The maximum absolute atomic E-state index is 11.8. The molecule has 0 aliphatic rings. The highest BCUT2D eigenvalue weighted by Crippen LogP contribution is 2.24. The largest absolute Gasteiger partial charge is 0.478 e. The highest BCUT2D eigenvalue weighted by Gasteiger charge is 2.20. The summed E-state index contributed by atoms with van der Waals surface area (Å²) in [6.45, 7) is 2.06. The molecule has 0 saturated carbocycles. The number of benzene rings is 1. The minimum Gasteiger partial charge on any atom is -0.478 e. The molecule has 0 fully saturated rings. The van der Waals surface area contributed by atoms with Gasteiger partial charge in [-0.1, -0.05) is 13.3 Å². The molecule has 0 aliphatic heterocycles. The molecule has 2 N–H and O–H groups in total. The fraction of sp³-hybridized carbons (Fsp3) is 0.261. The molecule has 2 aromatic heterocycles. The molecule has 0 amide bonds. The number of nitro groups is 1. The number of hydrogen-bond donors (Lipinski definition) is 2. The Morgan fingerprint density at radius 2 is 2.06 bits per heavy atom. The van der Waals surface area contributed by atoms with Crippen LogP contribution in [-0.2, 0) is 24.2 Å². The molecule has 0 saturated heterocycles. The van der Waals surface area contributed by atoms with E-state index in [0.717, 1.165) is 18.9 Å². The van der Waals surface area contributed by atoms with Crippen LogP contribution in [0, 0.1) is 10.1 Å². The van der Waals surface area contributed by atoms with Crippen LogP contribution in [0.4, 0.5) is 5.69 Å². The van der Waals surface area contributed by atoms with Crippen LogP contribution in [0.2, 0.25) is 0 Å². The molecule has 0 aliphatic carbocycles. The number of imidazole rings is 1. The van der Waals surface area contributed by atoms with Crippen molar-refractivity contribution in [3.63, 3.8) is 0 Å². The van der Waals surface area contributed by atoms with Crippen LogP contribution in [0.25, 0.3) is 6.08 Å². The van der Waals surface area contributed by atoms with E-state index in [1.165, 1.54) is 30.7 Å². The summed E-state index contributed by atoms with van der Waals surface area (Å²) in [7, 11) is 0. The Bertz CT molecular complexity index is 1190. The zero-order valence-corrected chi connectivity index (χ0v) is 17.9. The van der Waals surface area contributed by atoms with Gasteiger partial charge in [0.25, 0.3) is 5.69 Å². The zero-order chi connectivity index (χ0) is 24.0. The lowest BCUT2D eigenvalue weighted by Crippen LogP contribution is -2.11. The van der Waals surface area contributed by atoms with Crippen LogP contribution in [0.5, 0.6) is 0 Å². The van der Waals surface area contributed by atoms with E-state index >= 15 is 0 Å². The number of carboxylic acid groups (broad SMARTS) is 2. The summed E-state index contributed by atoms with van der Waals surface area (Å²) in [5.74, 6) is -1.24. The number of aryl methyl sites for hydroxylation is 1. The van der Waals surface area contributed by atoms with Gasteiger partial charge < -0.3 is 19.2 Å². The lowest BCUT2D eigenvalue weighted by atomic mass is 10.1. The molecule has 172 valence electrons. The van der Waals surface area contributed by atoms with Gasteiger partial charge in [-0.2, -0.15) is 0 Å². The van der Waals surface area contributed by atoms with E-state index in [1.807, 2.05) is 6.92 Å². The van der Waals surface area contributed by atoms with E-state index in [9.17, 15) is 29.9 Å². The first kappa shape index (κ1) is 23.5. The number of nitrogens with zero attached hydrogens (tertiary/aromatic N) is 3. The summed E-state index contributed by atoms with van der Waals surface area (Å²) in [6.07, 6.45) is 6.88. The van der Waals surface area contributed by atoms with Gasteiger partial charge in [0.15, 0.2) is 0 Å². The van der Waals surface area contributed by atoms with Crippen LogP contribution in [-0.4, -0.2) is 36.6 Å². The van der Waals surface area contributed by atoms with Crippen molar-refractivity contribution in [1.82, 2.24) is 9.55 Å². The number of aromatic carboxylic acids is 1. The second-order valence-corrected chi connectivity index (χ2v) is 7.43. The van der Waals surface area contributed by atoms with E-state index in [0.29, 0.717) is 29.3 Å². The van der Waals surface area contributed by atoms with Crippen LogP contribution in [0.1, 0.15) is 53.0 Å². The second-order valence-electron chi connectivity index (χ2n) is 7.43. The standard InChI is InChI=1S/C23H23N3O7/c1-2-3-6-21-24-13-18(10-17(23(29)30)11-19-5-4-9-33-19)25(21)14-16-8-7-15(22(27)28)12-20(16)26(31)32/h4-5,7-10,12-13H,2-3,6,11,14H2,1H3,(H,27,28)(H,29,30)/b17-10+. The molecule has 3 aromatic rings. The predicted octanol–water partition coefficient (Wildman–Crippen LogP) is 4.18. The van der Waals surface area contributed by atoms with E-state index in [2.05, 4.69) is 4.98 Å². The van der Waals surface area contributed by atoms with Gasteiger partial charge in [-0.25, -0.2) is 14.6 Å². The Labute approximate surface area is 189 Å².